The van der Waals surface area contributed by atoms with Crippen molar-refractivity contribution >= 4 is 6.08 Å². The minimum atomic E-state index is -1.62. The van der Waals surface area contributed by atoms with Crippen LogP contribution in [0.2, 0.25) is 0 Å². The van der Waals surface area contributed by atoms with Crippen LogP contribution in [-0.2, 0) is 0 Å². The Morgan fingerprint density at radius 2 is 1.46 bits per heavy atom. The molecule has 0 bridgehead atoms. The molecule has 0 aromatic heterocycles. The van der Waals surface area contributed by atoms with Gasteiger partial charge in [-0.15, -0.1) is 0 Å². The van der Waals surface area contributed by atoms with Crippen molar-refractivity contribution in [3.05, 3.63) is 41.5 Å². The molecule has 0 spiro atoms. The van der Waals surface area contributed by atoms with E-state index < -0.39 is 6.08 Å². The van der Waals surface area contributed by atoms with E-state index in [1.54, 1.807) is 0 Å². The van der Waals surface area contributed by atoms with Crippen LogP contribution in [0.15, 0.2) is 30.3 Å². The number of halogens is 2. The topological polar surface area (TPSA) is 0 Å². The molecule has 0 amide bonds. The third-order valence-corrected chi connectivity index (χ3v) is 6.98. The molecular formula is C24H34F2. The van der Waals surface area contributed by atoms with E-state index in [9.17, 15) is 8.78 Å². The first kappa shape index (κ1) is 19.6. The molecule has 0 unspecified atom stereocenters. The Kier molecular flexibility index (Phi) is 7.28. The Hall–Kier alpha value is -1.18. The lowest BCUT2D eigenvalue weighted by Crippen LogP contribution is -2.25. The predicted molar refractivity (Wildman–Crippen MR) is 106 cm³/mol. The zero-order chi connectivity index (χ0) is 18.4. The van der Waals surface area contributed by atoms with Crippen molar-refractivity contribution in [3.63, 3.8) is 0 Å². The van der Waals surface area contributed by atoms with Crippen LogP contribution in [0, 0.1) is 17.8 Å². The minimum Gasteiger partial charge on any atom is -0.173 e. The van der Waals surface area contributed by atoms with Crippen molar-refractivity contribution in [2.75, 3.05) is 0 Å². The molecule has 0 N–H and O–H groups in total. The first-order valence-corrected chi connectivity index (χ1v) is 10.8. The Morgan fingerprint density at radius 3 is 2.00 bits per heavy atom. The van der Waals surface area contributed by atoms with E-state index in [-0.39, 0.29) is 0 Å². The van der Waals surface area contributed by atoms with Gasteiger partial charge >= 0.3 is 0 Å². The molecule has 0 aliphatic heterocycles. The molecule has 26 heavy (non-hydrogen) atoms. The molecule has 0 atom stereocenters. The molecule has 144 valence electrons. The molecule has 2 saturated carbocycles. The largest absolute Gasteiger partial charge is 0.270 e. The van der Waals surface area contributed by atoms with Crippen molar-refractivity contribution in [3.8, 4) is 0 Å². The average molecular weight is 361 g/mol. The molecule has 3 rings (SSSR count). The van der Waals surface area contributed by atoms with E-state index in [2.05, 4.69) is 19.1 Å². The molecule has 0 saturated heterocycles. The molecule has 0 radical (unpaired) electrons. The van der Waals surface area contributed by atoms with Gasteiger partial charge < -0.3 is 0 Å². The first-order chi connectivity index (χ1) is 12.7. The number of benzene rings is 1. The SMILES string of the molecule is CCCCC1CCC(C2CCC(c3ccc(C=C(F)F)cc3)CC2)CC1. The summed E-state index contributed by atoms with van der Waals surface area (Å²) in [5.41, 5.74) is 1.94. The molecule has 2 heteroatoms. The fourth-order valence-electron chi connectivity index (χ4n) is 5.36. The third kappa shape index (κ3) is 5.41. The summed E-state index contributed by atoms with van der Waals surface area (Å²) >= 11 is 0. The van der Waals surface area contributed by atoms with Gasteiger partial charge in [-0.1, -0.05) is 63.3 Å². The predicted octanol–water partition coefficient (Wildman–Crippen LogP) is 8.19. The molecule has 0 nitrogen and oxygen atoms in total. The maximum Gasteiger partial charge on any atom is 0.270 e. The summed E-state index contributed by atoms with van der Waals surface area (Å²) in [6.07, 6.45) is 14.6. The van der Waals surface area contributed by atoms with E-state index in [1.807, 2.05) is 12.1 Å². The van der Waals surface area contributed by atoms with E-state index in [4.69, 9.17) is 0 Å². The van der Waals surface area contributed by atoms with Gasteiger partial charge in [0.05, 0.1) is 0 Å². The molecule has 1 aromatic carbocycles. The van der Waals surface area contributed by atoms with E-state index in [0.717, 1.165) is 23.8 Å². The Bertz CT molecular complexity index is 554. The highest BCUT2D eigenvalue weighted by atomic mass is 19.3. The zero-order valence-corrected chi connectivity index (χ0v) is 16.2. The van der Waals surface area contributed by atoms with E-state index >= 15 is 0 Å². The lowest BCUT2D eigenvalue weighted by Gasteiger charge is -2.38. The van der Waals surface area contributed by atoms with Gasteiger partial charge in [0.1, 0.15) is 0 Å². The molecular weight excluding hydrogens is 326 g/mol. The number of unbranched alkanes of at least 4 members (excludes halogenated alkanes) is 1. The van der Waals surface area contributed by atoms with Gasteiger partial charge in [-0.25, -0.2) is 0 Å². The highest BCUT2D eigenvalue weighted by molar-refractivity contribution is 5.50. The standard InChI is InChI=1S/C24H34F2/c1-2-3-4-18-5-9-20(10-6-18)22-13-15-23(16-14-22)21-11-7-19(8-12-21)17-24(25)26/h7-8,11-12,17-18,20,22-23H,2-6,9-10,13-16H2,1H3. The van der Waals surface area contributed by atoms with E-state index in [1.165, 1.54) is 76.2 Å². The maximum atomic E-state index is 12.3. The lowest BCUT2D eigenvalue weighted by atomic mass is 9.68. The second-order valence-corrected chi connectivity index (χ2v) is 8.64. The fraction of sp³-hybridized carbons (Fsp3) is 0.667. The maximum absolute atomic E-state index is 12.3. The van der Waals surface area contributed by atoms with Crippen molar-refractivity contribution in [2.45, 2.75) is 83.5 Å². The average Bonchev–Trinajstić information content (AvgIpc) is 2.67. The zero-order valence-electron chi connectivity index (χ0n) is 16.2. The summed E-state index contributed by atoms with van der Waals surface area (Å²) in [5.74, 6) is 3.53. The Labute approximate surface area is 158 Å². The number of rotatable bonds is 6. The van der Waals surface area contributed by atoms with Crippen LogP contribution in [0.25, 0.3) is 6.08 Å². The number of hydrogen-bond donors (Lipinski definition) is 0. The molecule has 1 aromatic rings. The van der Waals surface area contributed by atoms with Gasteiger partial charge in [0.2, 0.25) is 0 Å². The van der Waals surface area contributed by atoms with Crippen molar-refractivity contribution in [1.29, 1.82) is 0 Å². The van der Waals surface area contributed by atoms with Crippen LogP contribution in [-0.4, -0.2) is 0 Å². The summed E-state index contributed by atoms with van der Waals surface area (Å²) in [5, 5.41) is 0. The molecule has 0 heterocycles. The third-order valence-electron chi connectivity index (χ3n) is 6.98. The molecule has 2 aliphatic rings. The van der Waals surface area contributed by atoms with Crippen LogP contribution in [0.1, 0.15) is 94.6 Å². The Morgan fingerprint density at radius 1 is 0.885 bits per heavy atom. The van der Waals surface area contributed by atoms with Crippen LogP contribution < -0.4 is 0 Å². The van der Waals surface area contributed by atoms with Gasteiger partial charge in [-0.05, 0) is 73.3 Å². The summed E-state index contributed by atoms with van der Waals surface area (Å²) in [6, 6.07) is 7.77. The van der Waals surface area contributed by atoms with Gasteiger partial charge in [0, 0.05) is 6.08 Å². The summed E-state index contributed by atoms with van der Waals surface area (Å²) in [4.78, 5) is 0. The smallest absolute Gasteiger partial charge is 0.173 e. The Balaban J connectivity index is 1.45. The highest BCUT2D eigenvalue weighted by Crippen LogP contribution is 2.44. The number of hydrogen-bond acceptors (Lipinski definition) is 0. The van der Waals surface area contributed by atoms with Crippen molar-refractivity contribution in [1.82, 2.24) is 0 Å². The normalized spacial score (nSPS) is 29.3. The van der Waals surface area contributed by atoms with Crippen LogP contribution in [0.5, 0.6) is 0 Å². The second kappa shape index (κ2) is 9.67. The van der Waals surface area contributed by atoms with E-state index in [0.29, 0.717) is 11.5 Å². The van der Waals surface area contributed by atoms with Crippen molar-refractivity contribution < 1.29 is 8.78 Å². The molecule has 2 aliphatic carbocycles. The second-order valence-electron chi connectivity index (χ2n) is 8.64. The lowest BCUT2D eigenvalue weighted by molar-refractivity contribution is 0.156. The van der Waals surface area contributed by atoms with Crippen LogP contribution in [0.3, 0.4) is 0 Å². The van der Waals surface area contributed by atoms with Gasteiger partial charge in [0.25, 0.3) is 6.08 Å². The summed E-state index contributed by atoms with van der Waals surface area (Å²) in [7, 11) is 0. The fourth-order valence-corrected chi connectivity index (χ4v) is 5.36. The van der Waals surface area contributed by atoms with Gasteiger partial charge in [0.15, 0.2) is 0 Å². The van der Waals surface area contributed by atoms with Gasteiger partial charge in [-0.2, -0.15) is 8.78 Å². The summed E-state index contributed by atoms with van der Waals surface area (Å²) in [6.45, 7) is 2.30. The van der Waals surface area contributed by atoms with Crippen LogP contribution >= 0.6 is 0 Å². The molecule has 2 fully saturated rings. The monoisotopic (exact) mass is 360 g/mol. The van der Waals surface area contributed by atoms with Crippen molar-refractivity contribution in [2.24, 2.45) is 17.8 Å². The summed E-state index contributed by atoms with van der Waals surface area (Å²) < 4.78 is 24.7. The highest BCUT2D eigenvalue weighted by Gasteiger charge is 2.31. The van der Waals surface area contributed by atoms with Crippen LogP contribution in [0.4, 0.5) is 8.78 Å². The van der Waals surface area contributed by atoms with Gasteiger partial charge in [-0.3, -0.25) is 0 Å². The quantitative estimate of drug-likeness (QED) is 0.479. The first-order valence-electron chi connectivity index (χ1n) is 10.8. The minimum absolute atomic E-state index is 0.599.